The average Bonchev–Trinajstić information content (AvgIpc) is 3.17. The Morgan fingerprint density at radius 3 is 1.52 bits per heavy atom. The van der Waals surface area contributed by atoms with Crippen molar-refractivity contribution in [3.8, 4) is 0 Å². The van der Waals surface area contributed by atoms with Crippen molar-refractivity contribution in [3.05, 3.63) is 60.8 Å². The van der Waals surface area contributed by atoms with Crippen molar-refractivity contribution in [1.29, 1.82) is 0 Å². The Labute approximate surface area is 338 Å². The lowest BCUT2D eigenvalue weighted by molar-refractivity contribution is -0.161. The van der Waals surface area contributed by atoms with Gasteiger partial charge in [0.1, 0.15) is 12.6 Å². The third-order valence-corrected chi connectivity index (χ3v) is 9.67. The first-order chi connectivity index (χ1) is 27.1. The molecule has 0 saturated carbocycles. The maximum atomic E-state index is 12.6. The summed E-state index contributed by atoms with van der Waals surface area (Å²) in [6.07, 6.45) is 44.2. The molecular weight excluding hydrogens is 733 g/mol. The van der Waals surface area contributed by atoms with Gasteiger partial charge < -0.3 is 25.2 Å². The SMILES string of the molecule is CCC/C=C/C/C=C/C/C=C/C/C=C/CCCCCC(=O)OC[C@H](COP(=O)(O)OC[C@H](N)C(=O)O)OC(=O)CCCCCCC/C=C/CCCCCCCC. The van der Waals surface area contributed by atoms with E-state index in [0.717, 1.165) is 83.5 Å². The number of hydrogen-bond donors (Lipinski definition) is 3. The van der Waals surface area contributed by atoms with E-state index in [9.17, 15) is 23.8 Å². The molecule has 56 heavy (non-hydrogen) atoms. The molecule has 0 amide bonds. The van der Waals surface area contributed by atoms with Gasteiger partial charge in [-0.1, -0.05) is 139 Å². The summed E-state index contributed by atoms with van der Waals surface area (Å²) >= 11 is 0. The quantitative estimate of drug-likeness (QED) is 0.0233. The summed E-state index contributed by atoms with van der Waals surface area (Å²) < 4.78 is 32.6. The van der Waals surface area contributed by atoms with Crippen LogP contribution >= 0.6 is 7.82 Å². The second-order valence-corrected chi connectivity index (χ2v) is 15.6. The van der Waals surface area contributed by atoms with Gasteiger partial charge >= 0.3 is 25.7 Å². The highest BCUT2D eigenvalue weighted by molar-refractivity contribution is 7.47. The number of carbonyl (C=O) groups excluding carboxylic acids is 2. The predicted octanol–water partition coefficient (Wildman–Crippen LogP) is 11.2. The Kier molecular flexibility index (Phi) is 37.1. The van der Waals surface area contributed by atoms with E-state index in [0.29, 0.717) is 12.8 Å². The molecule has 0 bridgehead atoms. The number of aliphatic carboxylic acids is 1. The lowest BCUT2D eigenvalue weighted by Crippen LogP contribution is -2.34. The van der Waals surface area contributed by atoms with Crippen LogP contribution in [-0.2, 0) is 37.5 Å². The van der Waals surface area contributed by atoms with Gasteiger partial charge in [-0.15, -0.1) is 0 Å². The topological polar surface area (TPSA) is 172 Å². The number of carbonyl (C=O) groups is 3. The smallest absolute Gasteiger partial charge is 0.472 e. The standard InChI is InChI=1S/C44H76NO10P/c1-3-5-7-9-11-13-15-17-19-20-22-23-25-27-29-31-33-35-42(46)52-37-40(38-53-56(50,51)54-39-41(45)44(48)49)55-43(47)36-34-32-30-28-26-24-21-18-16-14-12-10-8-6-4-2/h7,9,13,15,18-21,23,25,40-41H,3-6,8,10-12,14,16-17,22,24,26-39,45H2,1-2H3,(H,48,49)(H,50,51)/b9-7+,15-13+,20-19+,21-18+,25-23+/t40-,41+/m1/s1. The van der Waals surface area contributed by atoms with Crippen LogP contribution in [0.4, 0.5) is 0 Å². The van der Waals surface area contributed by atoms with Gasteiger partial charge in [0, 0.05) is 12.8 Å². The highest BCUT2D eigenvalue weighted by Crippen LogP contribution is 2.43. The number of esters is 2. The number of ether oxygens (including phenoxy) is 2. The number of unbranched alkanes of at least 4 members (excludes halogenated alkanes) is 15. The number of phosphoric ester groups is 1. The number of carboxylic acids is 1. The molecule has 0 fully saturated rings. The Balaban J connectivity index is 4.46. The lowest BCUT2D eigenvalue weighted by Gasteiger charge is -2.20. The van der Waals surface area contributed by atoms with Crippen molar-refractivity contribution in [1.82, 2.24) is 0 Å². The largest absolute Gasteiger partial charge is 0.480 e. The minimum atomic E-state index is -4.73. The van der Waals surface area contributed by atoms with Crippen molar-refractivity contribution < 1.29 is 47.5 Å². The molecule has 11 nitrogen and oxygen atoms in total. The van der Waals surface area contributed by atoms with Crippen LogP contribution in [0.2, 0.25) is 0 Å². The molecule has 0 aromatic carbocycles. The lowest BCUT2D eigenvalue weighted by atomic mass is 10.1. The van der Waals surface area contributed by atoms with Crippen LogP contribution in [0.3, 0.4) is 0 Å². The fourth-order valence-corrected chi connectivity index (χ4v) is 6.12. The average molecular weight is 810 g/mol. The Bertz CT molecular complexity index is 1180. The van der Waals surface area contributed by atoms with E-state index in [1.807, 2.05) is 0 Å². The Morgan fingerprint density at radius 2 is 0.982 bits per heavy atom. The summed E-state index contributed by atoms with van der Waals surface area (Å²) in [5.41, 5.74) is 5.33. The molecule has 0 aromatic heterocycles. The Hall–Kier alpha value is -2.82. The molecule has 1 unspecified atom stereocenters. The number of allylic oxidation sites excluding steroid dienone is 10. The molecule has 0 spiro atoms. The van der Waals surface area contributed by atoms with Gasteiger partial charge in [-0.25, -0.2) is 4.57 Å². The normalized spacial score (nSPS) is 14.4. The molecule has 0 aromatic rings. The summed E-state index contributed by atoms with van der Waals surface area (Å²) in [5.74, 6) is -2.43. The first-order valence-corrected chi connectivity index (χ1v) is 22.8. The first-order valence-electron chi connectivity index (χ1n) is 21.3. The summed E-state index contributed by atoms with van der Waals surface area (Å²) in [7, 11) is -4.73. The molecule has 0 rings (SSSR count). The fourth-order valence-electron chi connectivity index (χ4n) is 5.34. The molecule has 12 heteroatoms. The number of hydrogen-bond acceptors (Lipinski definition) is 9. The van der Waals surface area contributed by atoms with Crippen LogP contribution in [0, 0.1) is 0 Å². The third kappa shape index (κ3) is 38.1. The summed E-state index contributed by atoms with van der Waals surface area (Å²) in [6.45, 7) is 2.68. The van der Waals surface area contributed by atoms with Crippen LogP contribution in [0.25, 0.3) is 0 Å². The van der Waals surface area contributed by atoms with Gasteiger partial charge in [0.2, 0.25) is 0 Å². The van der Waals surface area contributed by atoms with Gasteiger partial charge in [-0.3, -0.25) is 23.4 Å². The molecular formula is C44H76NO10P. The maximum absolute atomic E-state index is 12.6. The van der Waals surface area contributed by atoms with Crippen LogP contribution in [0.5, 0.6) is 0 Å². The van der Waals surface area contributed by atoms with Crippen LogP contribution in [-0.4, -0.2) is 59.9 Å². The van der Waals surface area contributed by atoms with E-state index in [2.05, 4.69) is 79.1 Å². The van der Waals surface area contributed by atoms with Crippen LogP contribution in [0.15, 0.2) is 60.8 Å². The second kappa shape index (κ2) is 39.0. The van der Waals surface area contributed by atoms with E-state index in [-0.39, 0.29) is 19.4 Å². The van der Waals surface area contributed by atoms with E-state index in [4.69, 9.17) is 24.8 Å². The van der Waals surface area contributed by atoms with Crippen molar-refractivity contribution in [2.24, 2.45) is 5.73 Å². The van der Waals surface area contributed by atoms with E-state index < -0.39 is 51.1 Å². The van der Waals surface area contributed by atoms with Crippen molar-refractivity contribution in [3.63, 3.8) is 0 Å². The fraction of sp³-hybridized carbons (Fsp3) is 0.705. The molecule has 322 valence electrons. The van der Waals surface area contributed by atoms with Crippen molar-refractivity contribution in [2.75, 3.05) is 19.8 Å². The number of nitrogens with two attached hydrogens (primary N) is 1. The van der Waals surface area contributed by atoms with E-state index in [1.165, 1.54) is 44.9 Å². The van der Waals surface area contributed by atoms with Gasteiger partial charge in [0.25, 0.3) is 0 Å². The van der Waals surface area contributed by atoms with Gasteiger partial charge in [0.05, 0.1) is 13.2 Å². The molecule has 0 aliphatic heterocycles. The molecule has 3 atom stereocenters. The first kappa shape index (κ1) is 53.2. The predicted molar refractivity (Wildman–Crippen MR) is 226 cm³/mol. The van der Waals surface area contributed by atoms with E-state index in [1.54, 1.807) is 0 Å². The molecule has 0 heterocycles. The van der Waals surface area contributed by atoms with Gasteiger partial charge in [-0.2, -0.15) is 0 Å². The van der Waals surface area contributed by atoms with Crippen molar-refractivity contribution >= 4 is 25.7 Å². The highest BCUT2D eigenvalue weighted by Gasteiger charge is 2.28. The van der Waals surface area contributed by atoms with Gasteiger partial charge in [0.15, 0.2) is 6.10 Å². The zero-order valence-electron chi connectivity index (χ0n) is 34.7. The Morgan fingerprint density at radius 1 is 0.554 bits per heavy atom. The number of rotatable bonds is 39. The zero-order chi connectivity index (χ0) is 41.4. The summed E-state index contributed by atoms with van der Waals surface area (Å²) in [5, 5.41) is 8.88. The monoisotopic (exact) mass is 810 g/mol. The van der Waals surface area contributed by atoms with Crippen LogP contribution in [0.1, 0.15) is 168 Å². The van der Waals surface area contributed by atoms with Gasteiger partial charge in [-0.05, 0) is 77.0 Å². The number of phosphoric acid groups is 1. The minimum absolute atomic E-state index is 0.142. The highest BCUT2D eigenvalue weighted by atomic mass is 31.2. The number of carboxylic acid groups (broad SMARTS) is 1. The third-order valence-electron chi connectivity index (χ3n) is 8.72. The molecule has 0 saturated heterocycles. The molecule has 0 aliphatic rings. The van der Waals surface area contributed by atoms with Crippen molar-refractivity contribution in [2.45, 2.75) is 180 Å². The summed E-state index contributed by atoms with van der Waals surface area (Å²) in [4.78, 5) is 45.9. The summed E-state index contributed by atoms with van der Waals surface area (Å²) in [6, 6.07) is -1.53. The zero-order valence-corrected chi connectivity index (χ0v) is 35.6. The molecule has 0 radical (unpaired) electrons. The second-order valence-electron chi connectivity index (χ2n) is 14.1. The van der Waals surface area contributed by atoms with E-state index >= 15 is 0 Å². The maximum Gasteiger partial charge on any atom is 0.472 e. The van der Waals surface area contributed by atoms with Crippen LogP contribution < -0.4 is 5.73 Å². The minimum Gasteiger partial charge on any atom is -0.480 e. The molecule has 4 N–H and O–H groups in total. The molecule has 0 aliphatic carbocycles.